The van der Waals surface area contributed by atoms with Crippen LogP contribution in [0.2, 0.25) is 0 Å². The molecule has 24 heteroatoms. The highest BCUT2D eigenvalue weighted by molar-refractivity contribution is 6.02. The molecule has 3 aliphatic heterocycles. The van der Waals surface area contributed by atoms with Crippen LogP contribution in [0.25, 0.3) is 0 Å². The second kappa shape index (κ2) is 28.5. The number of carbonyl (C=O) groups is 3. The van der Waals surface area contributed by atoms with E-state index in [2.05, 4.69) is 29.9 Å². The molecule has 0 bridgehead atoms. The molecule has 0 amide bonds. The molecule has 6 rings (SSSR count). The van der Waals surface area contributed by atoms with Gasteiger partial charge in [0.25, 0.3) is 0 Å². The summed E-state index contributed by atoms with van der Waals surface area (Å²) in [5.41, 5.74) is -2.25. The van der Waals surface area contributed by atoms with Crippen LogP contribution >= 0.6 is 0 Å². The highest BCUT2D eigenvalue weighted by Crippen LogP contribution is 2.30. The van der Waals surface area contributed by atoms with Gasteiger partial charge in [0.2, 0.25) is 17.7 Å². The number of carbonyl (C=O) groups excluding carboxylic acids is 3. The minimum Gasteiger partial charge on any atom is -0.505 e. The van der Waals surface area contributed by atoms with Crippen molar-refractivity contribution in [2.75, 3.05) is 120 Å². The average molecular weight is 1020 g/mol. The third-order valence-electron chi connectivity index (χ3n) is 10.7. The Morgan fingerprint density at radius 3 is 0.917 bits per heavy atom. The van der Waals surface area contributed by atoms with Crippen LogP contribution in [0.3, 0.4) is 0 Å². The van der Waals surface area contributed by atoms with Gasteiger partial charge in [-0.3, -0.25) is 14.4 Å². The van der Waals surface area contributed by atoms with E-state index in [1.807, 2.05) is 0 Å². The number of pyridine rings is 3. The number of Topliss-reactive ketones (excluding diaryl/α,β-unsaturated/α-hetero) is 3. The van der Waals surface area contributed by atoms with Crippen molar-refractivity contribution < 1.29 is 86.5 Å². The van der Waals surface area contributed by atoms with E-state index in [4.69, 9.17) is 56.8 Å². The Balaban J connectivity index is 0.000000234. The maximum Gasteiger partial charge on any atom is 0.240 e. The van der Waals surface area contributed by atoms with Gasteiger partial charge in [-0.05, 0) is 41.5 Å². The van der Waals surface area contributed by atoms with Crippen molar-refractivity contribution in [1.29, 1.82) is 0 Å². The first-order valence-corrected chi connectivity index (χ1v) is 22.8. The second-order valence-corrected chi connectivity index (χ2v) is 16.6. The van der Waals surface area contributed by atoms with Crippen LogP contribution in [-0.4, -0.2) is 202 Å². The van der Waals surface area contributed by atoms with E-state index in [0.717, 1.165) is 0 Å². The summed E-state index contributed by atoms with van der Waals surface area (Å²) in [5.74, 6) is 0.969. The molecule has 72 heavy (non-hydrogen) atoms. The van der Waals surface area contributed by atoms with Gasteiger partial charge in [-0.1, -0.05) is 0 Å². The summed E-state index contributed by atoms with van der Waals surface area (Å²) in [7, 11) is 4.81. The first-order valence-electron chi connectivity index (χ1n) is 22.8. The van der Waals surface area contributed by atoms with Crippen LogP contribution < -0.4 is 14.2 Å². The van der Waals surface area contributed by atoms with E-state index in [-0.39, 0.29) is 89.2 Å². The monoisotopic (exact) mass is 1010 g/mol. The number of methoxy groups -OCH3 is 3. The molecule has 0 fully saturated rings. The molecule has 6 heterocycles. The zero-order valence-corrected chi connectivity index (χ0v) is 42.2. The largest absolute Gasteiger partial charge is 0.505 e. The molecule has 0 saturated carbocycles. The van der Waals surface area contributed by atoms with Gasteiger partial charge in [0, 0.05) is 39.5 Å². The topological polar surface area (TPSA) is 298 Å². The fraction of sp³-hybridized carbons (Fsp3) is 0.562. The third-order valence-corrected chi connectivity index (χ3v) is 10.7. The van der Waals surface area contributed by atoms with Crippen molar-refractivity contribution in [2.24, 2.45) is 15.0 Å². The Kier molecular flexibility index (Phi) is 22.9. The highest BCUT2D eigenvalue weighted by Gasteiger charge is 2.40. The number of ketones is 3. The fourth-order valence-electron chi connectivity index (χ4n) is 5.82. The maximum absolute atomic E-state index is 11.6. The minimum absolute atomic E-state index is 0.106. The third kappa shape index (κ3) is 17.3. The molecule has 3 atom stereocenters. The van der Waals surface area contributed by atoms with Gasteiger partial charge in [-0.25, -0.2) is 29.9 Å². The summed E-state index contributed by atoms with van der Waals surface area (Å²) in [4.78, 5) is 59.8. The highest BCUT2D eigenvalue weighted by atomic mass is 16.6. The van der Waals surface area contributed by atoms with E-state index in [9.17, 15) is 29.7 Å². The van der Waals surface area contributed by atoms with Gasteiger partial charge in [0.1, 0.15) is 56.9 Å². The summed E-state index contributed by atoms with van der Waals surface area (Å²) in [6.45, 7) is 15.0. The Hall–Kier alpha value is -6.57. The first-order chi connectivity index (χ1) is 34.4. The number of hydrogen-bond acceptors (Lipinski definition) is 24. The van der Waals surface area contributed by atoms with Gasteiger partial charge in [-0.15, -0.1) is 0 Å². The standard InChI is InChI=1S/3C16H22N2O6/c3*1-11(19)16(2)10-24-15(18-16)14-13(20)8-12(9-17-14)23-7-6-22-5-4-21-3/h3*8-9,20H,4-7,10H2,1-3H3. The lowest BCUT2D eigenvalue weighted by Gasteiger charge is -2.12. The van der Waals surface area contributed by atoms with Gasteiger partial charge in [0.05, 0.1) is 78.1 Å². The van der Waals surface area contributed by atoms with Crippen molar-refractivity contribution in [3.05, 3.63) is 53.9 Å². The molecule has 3 aromatic heterocycles. The molecule has 3 N–H and O–H groups in total. The Labute approximate surface area is 417 Å². The maximum atomic E-state index is 11.6. The molecular formula is C48H66N6O18. The molecule has 0 saturated heterocycles. The lowest BCUT2D eigenvalue weighted by atomic mass is 10.0. The summed E-state index contributed by atoms with van der Waals surface area (Å²) < 4.78 is 62.9. The van der Waals surface area contributed by atoms with Crippen LogP contribution in [0.1, 0.15) is 58.6 Å². The summed E-state index contributed by atoms with van der Waals surface area (Å²) in [6, 6.07) is 4.27. The number of aliphatic imine (C=N–C) groups is 3. The molecular weight excluding hydrogens is 949 g/mol. The van der Waals surface area contributed by atoms with Crippen LogP contribution in [-0.2, 0) is 57.0 Å². The summed E-state index contributed by atoms with van der Waals surface area (Å²) >= 11 is 0. The lowest BCUT2D eigenvalue weighted by Crippen LogP contribution is -2.32. The molecule has 3 aliphatic rings. The van der Waals surface area contributed by atoms with Gasteiger partial charge in [-0.2, -0.15) is 0 Å². The van der Waals surface area contributed by atoms with Gasteiger partial charge < -0.3 is 72.2 Å². The van der Waals surface area contributed by atoms with Gasteiger partial charge >= 0.3 is 0 Å². The molecule has 0 aromatic carbocycles. The quantitative estimate of drug-likeness (QED) is 0.0925. The van der Waals surface area contributed by atoms with E-state index in [0.29, 0.717) is 96.5 Å². The molecule has 3 aromatic rings. The van der Waals surface area contributed by atoms with Crippen molar-refractivity contribution in [3.63, 3.8) is 0 Å². The van der Waals surface area contributed by atoms with E-state index in [1.54, 1.807) is 42.1 Å². The Bertz CT molecular complexity index is 2110. The van der Waals surface area contributed by atoms with Crippen LogP contribution in [0.4, 0.5) is 0 Å². The number of hydrogen-bond donors (Lipinski definition) is 3. The molecule has 3 unspecified atom stereocenters. The SMILES string of the molecule is COCCOCCOc1cnc(C2=NC(C)(C(C)=O)CO2)c(O)c1.COCCOCCOc1cnc(C2=NC(C)(C(C)=O)CO2)c(O)c1.COCCOCCOc1cnc(C2=NC(C)(C(C)=O)CO2)c(O)c1. The van der Waals surface area contributed by atoms with Crippen LogP contribution in [0, 0.1) is 0 Å². The van der Waals surface area contributed by atoms with E-state index >= 15 is 0 Å². The molecule has 396 valence electrons. The van der Waals surface area contributed by atoms with Crippen molar-refractivity contribution in [1.82, 2.24) is 15.0 Å². The number of rotatable bonds is 27. The normalized spacial score (nSPS) is 19.7. The van der Waals surface area contributed by atoms with Crippen LogP contribution in [0.15, 0.2) is 51.8 Å². The zero-order chi connectivity index (χ0) is 52.7. The lowest BCUT2D eigenvalue weighted by molar-refractivity contribution is -0.122. The van der Waals surface area contributed by atoms with Gasteiger partial charge in [0.15, 0.2) is 68.3 Å². The first kappa shape index (κ1) is 58.0. The summed E-state index contributed by atoms with van der Waals surface area (Å²) in [6.07, 6.45) is 4.37. The number of aromatic hydroxyl groups is 3. The number of nitrogens with zero attached hydrogens (tertiary/aromatic N) is 6. The number of ether oxygens (including phenoxy) is 12. The molecule has 24 nitrogen and oxygen atoms in total. The second-order valence-electron chi connectivity index (χ2n) is 16.6. The van der Waals surface area contributed by atoms with Crippen molar-refractivity contribution in [2.45, 2.75) is 58.2 Å². The Morgan fingerprint density at radius 2 is 0.708 bits per heavy atom. The smallest absolute Gasteiger partial charge is 0.240 e. The fourth-order valence-corrected chi connectivity index (χ4v) is 5.82. The van der Waals surface area contributed by atoms with Crippen molar-refractivity contribution >= 4 is 35.0 Å². The summed E-state index contributed by atoms with van der Waals surface area (Å²) in [5, 5.41) is 30.3. The molecule has 0 radical (unpaired) electrons. The molecule has 0 spiro atoms. The Morgan fingerprint density at radius 1 is 0.458 bits per heavy atom. The molecule has 0 aliphatic carbocycles. The number of aromatic nitrogens is 3. The van der Waals surface area contributed by atoms with E-state index in [1.165, 1.54) is 57.6 Å². The zero-order valence-electron chi connectivity index (χ0n) is 42.2. The predicted octanol–water partition coefficient (Wildman–Crippen LogP) is 2.86. The predicted molar refractivity (Wildman–Crippen MR) is 257 cm³/mol. The minimum atomic E-state index is -0.932. The average Bonchev–Trinajstić information content (AvgIpc) is 4.08. The van der Waals surface area contributed by atoms with Crippen molar-refractivity contribution in [3.8, 4) is 34.5 Å². The van der Waals surface area contributed by atoms with E-state index < -0.39 is 16.6 Å². The van der Waals surface area contributed by atoms with Crippen LogP contribution in [0.5, 0.6) is 34.5 Å².